The van der Waals surface area contributed by atoms with Crippen LogP contribution in [0.4, 0.5) is 0 Å². The van der Waals surface area contributed by atoms with Crippen LogP contribution in [0, 0.1) is 6.92 Å². The molecule has 3 aromatic rings. The van der Waals surface area contributed by atoms with Crippen molar-refractivity contribution < 1.29 is 18.7 Å². The molecule has 7 nitrogen and oxygen atoms in total. The third kappa shape index (κ3) is 3.74. The maximum absolute atomic E-state index is 13.5. The summed E-state index contributed by atoms with van der Waals surface area (Å²) in [6, 6.07) is 10.3. The van der Waals surface area contributed by atoms with E-state index in [1.54, 1.807) is 39.2 Å². The number of carbonyl (C=O) groups is 1. The van der Waals surface area contributed by atoms with Crippen molar-refractivity contribution >= 4 is 23.4 Å². The summed E-state index contributed by atoms with van der Waals surface area (Å²) >= 11 is 1.25. The van der Waals surface area contributed by atoms with Gasteiger partial charge in [0.2, 0.25) is 0 Å². The highest BCUT2D eigenvalue weighted by molar-refractivity contribution is 7.07. The molecule has 1 aliphatic heterocycles. The molecule has 4 rings (SSSR count). The minimum absolute atomic E-state index is 0.219. The number of hydrogen-bond acceptors (Lipinski definition) is 7. The molecule has 31 heavy (non-hydrogen) atoms. The Balaban J connectivity index is 2.00. The molecule has 8 heteroatoms. The fourth-order valence-corrected chi connectivity index (χ4v) is 4.66. The lowest BCUT2D eigenvalue weighted by Crippen LogP contribution is -2.40. The highest BCUT2D eigenvalue weighted by Crippen LogP contribution is 2.35. The number of methoxy groups -OCH3 is 1. The van der Waals surface area contributed by atoms with Crippen molar-refractivity contribution in [3.63, 3.8) is 0 Å². The van der Waals surface area contributed by atoms with Crippen LogP contribution >= 0.6 is 11.3 Å². The molecule has 0 N–H and O–H groups in total. The largest absolute Gasteiger partial charge is 0.496 e. The number of fused-ring (bicyclic) bond motifs is 1. The summed E-state index contributed by atoms with van der Waals surface area (Å²) < 4.78 is 18.4. The minimum atomic E-state index is -0.716. The smallest absolute Gasteiger partial charge is 0.338 e. The predicted octanol–water partition coefficient (Wildman–Crippen LogP) is 2.71. The number of allylic oxidation sites excluding steroid dienone is 1. The molecule has 2 aromatic heterocycles. The third-order valence-electron chi connectivity index (χ3n) is 4.99. The summed E-state index contributed by atoms with van der Waals surface area (Å²) in [5.74, 6) is 1.40. The number of esters is 1. The van der Waals surface area contributed by atoms with E-state index in [2.05, 4.69) is 4.99 Å². The average molecular weight is 439 g/mol. The number of aryl methyl sites for hydroxylation is 1. The lowest BCUT2D eigenvalue weighted by Gasteiger charge is -2.25. The van der Waals surface area contributed by atoms with Crippen molar-refractivity contribution in [3.05, 3.63) is 84.4 Å². The van der Waals surface area contributed by atoms with Crippen molar-refractivity contribution in [2.75, 3.05) is 13.7 Å². The average Bonchev–Trinajstić information content (AvgIpc) is 3.29. The highest BCUT2D eigenvalue weighted by atomic mass is 32.1. The second-order valence-electron chi connectivity index (χ2n) is 6.99. The maximum Gasteiger partial charge on any atom is 0.338 e. The molecule has 0 fully saturated rings. The van der Waals surface area contributed by atoms with Gasteiger partial charge in [-0.3, -0.25) is 9.36 Å². The second kappa shape index (κ2) is 8.39. The predicted molar refractivity (Wildman–Crippen MR) is 117 cm³/mol. The Labute approximate surface area is 182 Å². The molecule has 3 heterocycles. The van der Waals surface area contributed by atoms with Crippen LogP contribution < -0.4 is 19.6 Å². The normalized spacial score (nSPS) is 16.1. The van der Waals surface area contributed by atoms with Crippen molar-refractivity contribution in [1.82, 2.24) is 4.57 Å². The standard InChI is InChI=1S/C23H22N2O5S/c1-5-29-22(27)19-14(3)24-23-25(20(19)16-8-6-7-9-17(16)28-4)21(26)18(31-23)12-15-11-10-13(2)30-15/h6-12,20H,5H2,1-4H3. The highest BCUT2D eigenvalue weighted by Gasteiger charge is 2.34. The first-order valence-corrected chi connectivity index (χ1v) is 10.6. The van der Waals surface area contributed by atoms with Crippen molar-refractivity contribution in [3.8, 4) is 5.75 Å². The second-order valence-corrected chi connectivity index (χ2v) is 8.00. The molecule has 0 amide bonds. The molecule has 0 saturated carbocycles. The Morgan fingerprint density at radius 3 is 2.71 bits per heavy atom. The molecule has 0 radical (unpaired) electrons. The third-order valence-corrected chi connectivity index (χ3v) is 5.97. The van der Waals surface area contributed by atoms with Crippen LogP contribution in [0.3, 0.4) is 0 Å². The topological polar surface area (TPSA) is 83.0 Å². The molecule has 160 valence electrons. The van der Waals surface area contributed by atoms with Gasteiger partial charge in [0.15, 0.2) is 4.80 Å². The van der Waals surface area contributed by atoms with E-state index in [9.17, 15) is 9.59 Å². The van der Waals surface area contributed by atoms with Gasteiger partial charge in [0.05, 0.1) is 29.5 Å². The fraction of sp³-hybridized carbons (Fsp3) is 0.261. The molecule has 1 atom stereocenters. The van der Waals surface area contributed by atoms with Gasteiger partial charge in [0.25, 0.3) is 5.56 Å². The van der Waals surface area contributed by atoms with Gasteiger partial charge in [-0.15, -0.1) is 0 Å². The molecular weight excluding hydrogens is 416 g/mol. The van der Waals surface area contributed by atoms with E-state index in [4.69, 9.17) is 13.9 Å². The van der Waals surface area contributed by atoms with E-state index in [0.717, 1.165) is 5.76 Å². The zero-order valence-corrected chi connectivity index (χ0v) is 18.5. The first-order chi connectivity index (χ1) is 14.9. The zero-order valence-electron chi connectivity index (χ0n) is 17.7. The van der Waals surface area contributed by atoms with Gasteiger partial charge < -0.3 is 13.9 Å². The van der Waals surface area contributed by atoms with Crippen LogP contribution in [0.25, 0.3) is 6.08 Å². The molecule has 0 spiro atoms. The minimum Gasteiger partial charge on any atom is -0.496 e. The molecular formula is C23H22N2O5S. The summed E-state index contributed by atoms with van der Waals surface area (Å²) in [6.07, 6.45) is 1.69. The monoisotopic (exact) mass is 438 g/mol. The first-order valence-electron chi connectivity index (χ1n) is 9.83. The Bertz CT molecular complexity index is 1360. The van der Waals surface area contributed by atoms with Crippen LogP contribution in [-0.2, 0) is 9.53 Å². The number of nitrogens with zero attached hydrogens (tertiary/aromatic N) is 2. The number of furan rings is 1. The van der Waals surface area contributed by atoms with E-state index in [0.29, 0.717) is 37.7 Å². The van der Waals surface area contributed by atoms with Crippen LogP contribution in [-0.4, -0.2) is 24.3 Å². The number of aromatic nitrogens is 1. The number of para-hydroxylation sites is 1. The quantitative estimate of drug-likeness (QED) is 0.572. The van der Waals surface area contributed by atoms with E-state index in [1.165, 1.54) is 15.9 Å². The SMILES string of the molecule is CCOC(=O)C1=C(C)N=c2sc(=Cc3ccc(C)o3)c(=O)n2C1c1ccccc1OC. The van der Waals surface area contributed by atoms with Crippen molar-refractivity contribution in [2.24, 2.45) is 4.99 Å². The molecule has 1 aromatic carbocycles. The summed E-state index contributed by atoms with van der Waals surface area (Å²) in [5, 5.41) is 0. The van der Waals surface area contributed by atoms with Crippen LogP contribution in [0.5, 0.6) is 5.75 Å². The number of ether oxygens (including phenoxy) is 2. The lowest BCUT2D eigenvalue weighted by atomic mass is 9.95. The molecule has 0 saturated heterocycles. The van der Waals surface area contributed by atoms with Gasteiger partial charge in [0, 0.05) is 11.6 Å². The van der Waals surface area contributed by atoms with Crippen molar-refractivity contribution in [1.29, 1.82) is 0 Å². The number of thiazole rings is 1. The fourth-order valence-electron chi connectivity index (χ4n) is 3.64. The Morgan fingerprint density at radius 2 is 2.03 bits per heavy atom. The molecule has 1 unspecified atom stereocenters. The summed E-state index contributed by atoms with van der Waals surface area (Å²) in [6.45, 7) is 5.56. The van der Waals surface area contributed by atoms with Gasteiger partial charge >= 0.3 is 5.97 Å². The van der Waals surface area contributed by atoms with Crippen molar-refractivity contribution in [2.45, 2.75) is 26.8 Å². The maximum atomic E-state index is 13.5. The summed E-state index contributed by atoms with van der Waals surface area (Å²) in [4.78, 5) is 31.4. The summed E-state index contributed by atoms with van der Waals surface area (Å²) in [7, 11) is 1.56. The van der Waals surface area contributed by atoms with Gasteiger partial charge in [-0.2, -0.15) is 0 Å². The van der Waals surface area contributed by atoms with E-state index >= 15 is 0 Å². The van der Waals surface area contributed by atoms with Gasteiger partial charge in [-0.1, -0.05) is 29.5 Å². The first kappa shape index (κ1) is 20.9. The number of hydrogen-bond donors (Lipinski definition) is 0. The Hall–Kier alpha value is -3.39. The Kier molecular flexibility index (Phi) is 5.65. The molecule has 0 aliphatic carbocycles. The molecule has 0 bridgehead atoms. The van der Waals surface area contributed by atoms with E-state index in [-0.39, 0.29) is 12.2 Å². The van der Waals surface area contributed by atoms with E-state index in [1.807, 2.05) is 31.2 Å². The van der Waals surface area contributed by atoms with Crippen LogP contribution in [0.1, 0.15) is 37.0 Å². The van der Waals surface area contributed by atoms with Crippen LogP contribution in [0.2, 0.25) is 0 Å². The number of carbonyl (C=O) groups excluding carboxylic acids is 1. The number of benzene rings is 1. The van der Waals surface area contributed by atoms with Gasteiger partial charge in [-0.25, -0.2) is 9.79 Å². The summed E-state index contributed by atoms with van der Waals surface area (Å²) in [5.41, 5.74) is 1.25. The van der Waals surface area contributed by atoms with Crippen LogP contribution in [0.15, 0.2) is 61.9 Å². The Morgan fingerprint density at radius 1 is 1.26 bits per heavy atom. The number of rotatable bonds is 5. The van der Waals surface area contributed by atoms with Gasteiger partial charge in [0.1, 0.15) is 23.3 Å². The van der Waals surface area contributed by atoms with E-state index < -0.39 is 12.0 Å². The molecule has 1 aliphatic rings. The zero-order chi connectivity index (χ0) is 22.1. The lowest BCUT2D eigenvalue weighted by molar-refractivity contribution is -0.139. The van der Waals surface area contributed by atoms with Gasteiger partial charge in [-0.05, 0) is 39.0 Å².